The van der Waals surface area contributed by atoms with Gasteiger partial charge in [0.1, 0.15) is 12.4 Å². The van der Waals surface area contributed by atoms with Crippen molar-refractivity contribution in [2.75, 3.05) is 20.1 Å². The Balaban J connectivity index is 1.86. The Morgan fingerprint density at radius 2 is 1.90 bits per heavy atom. The smallest absolute Gasteiger partial charge is 0.317 e. The molecular weight excluding hydrogens is 383 g/mol. The average molecular weight is 410 g/mol. The third kappa shape index (κ3) is 4.84. The van der Waals surface area contributed by atoms with Gasteiger partial charge in [-0.2, -0.15) is 5.10 Å². The third-order valence-corrected chi connectivity index (χ3v) is 5.06. The molecule has 0 bridgehead atoms. The second-order valence-corrected chi connectivity index (χ2v) is 7.48. The molecule has 30 heavy (non-hydrogen) atoms. The monoisotopic (exact) mass is 410 g/mol. The summed E-state index contributed by atoms with van der Waals surface area (Å²) in [5.41, 5.74) is 2.93. The van der Waals surface area contributed by atoms with E-state index in [9.17, 15) is 14.0 Å². The fourth-order valence-corrected chi connectivity index (χ4v) is 3.36. The lowest BCUT2D eigenvalue weighted by Gasteiger charge is -2.25. The molecule has 0 saturated carbocycles. The van der Waals surface area contributed by atoms with E-state index in [0.717, 1.165) is 17.5 Å². The summed E-state index contributed by atoms with van der Waals surface area (Å²) in [6.07, 6.45) is 1.22. The van der Waals surface area contributed by atoms with Crippen LogP contribution in [-0.4, -0.2) is 47.7 Å². The van der Waals surface area contributed by atoms with Crippen molar-refractivity contribution >= 4 is 17.6 Å². The number of aryl methyl sites for hydroxylation is 1. The van der Waals surface area contributed by atoms with Crippen molar-refractivity contribution < 1.29 is 14.0 Å². The number of nitrogens with one attached hydrogen (secondary N) is 1. The summed E-state index contributed by atoms with van der Waals surface area (Å²) in [6.45, 7) is 4.38. The molecule has 0 radical (unpaired) electrons. The van der Waals surface area contributed by atoms with E-state index in [1.54, 1.807) is 25.2 Å². The van der Waals surface area contributed by atoms with Crippen molar-refractivity contribution in [2.45, 2.75) is 32.7 Å². The van der Waals surface area contributed by atoms with Gasteiger partial charge in [0.2, 0.25) is 0 Å². The summed E-state index contributed by atoms with van der Waals surface area (Å²) in [6, 6.07) is 13.6. The average Bonchev–Trinajstić information content (AvgIpc) is 3.18. The Labute approximate surface area is 176 Å². The number of benzene rings is 2. The second-order valence-electron chi connectivity index (χ2n) is 7.48. The number of amides is 3. The van der Waals surface area contributed by atoms with Crippen LogP contribution in [0, 0.1) is 12.7 Å². The van der Waals surface area contributed by atoms with Crippen LogP contribution in [0.15, 0.2) is 53.6 Å². The van der Waals surface area contributed by atoms with E-state index in [0.29, 0.717) is 24.2 Å². The number of carbonyl (C=O) groups excluding carboxylic acids is 2. The van der Waals surface area contributed by atoms with E-state index in [1.807, 2.05) is 38.1 Å². The van der Waals surface area contributed by atoms with Crippen LogP contribution in [0.3, 0.4) is 0 Å². The molecule has 0 saturated heterocycles. The molecule has 1 aliphatic rings. The minimum Gasteiger partial charge on any atom is -0.338 e. The summed E-state index contributed by atoms with van der Waals surface area (Å²) < 4.78 is 14.3. The first-order chi connectivity index (χ1) is 14.4. The first-order valence-corrected chi connectivity index (χ1v) is 10.1. The third-order valence-electron chi connectivity index (χ3n) is 5.06. The second kappa shape index (κ2) is 9.52. The number of hydrogen-bond donors (Lipinski definition) is 1. The zero-order valence-electron chi connectivity index (χ0n) is 17.6. The van der Waals surface area contributed by atoms with Gasteiger partial charge in [0, 0.05) is 25.6 Å². The quantitative estimate of drug-likeness (QED) is 0.786. The first-order valence-electron chi connectivity index (χ1n) is 10.1. The van der Waals surface area contributed by atoms with E-state index < -0.39 is 0 Å². The molecule has 2 aromatic carbocycles. The van der Waals surface area contributed by atoms with Gasteiger partial charge >= 0.3 is 6.03 Å². The minimum absolute atomic E-state index is 0.119. The summed E-state index contributed by atoms with van der Waals surface area (Å²) in [4.78, 5) is 26.5. The number of likely N-dealkylation sites (N-methyl/N-ethyl adjacent to an activating group) is 1. The van der Waals surface area contributed by atoms with Crippen molar-refractivity contribution in [1.29, 1.82) is 0 Å². The first kappa shape index (κ1) is 21.5. The highest BCUT2D eigenvalue weighted by atomic mass is 19.1. The Kier molecular flexibility index (Phi) is 6.82. The largest absolute Gasteiger partial charge is 0.338 e. The van der Waals surface area contributed by atoms with Gasteiger partial charge in [-0.25, -0.2) is 14.2 Å². The van der Waals surface area contributed by atoms with Crippen LogP contribution >= 0.6 is 0 Å². The molecule has 3 rings (SSSR count). The topological polar surface area (TPSA) is 65.0 Å². The predicted molar refractivity (Wildman–Crippen MR) is 115 cm³/mol. The molecule has 7 heteroatoms. The number of urea groups is 1. The lowest BCUT2D eigenvalue weighted by molar-refractivity contribution is -0.133. The molecule has 1 N–H and O–H groups in total. The molecule has 0 spiro atoms. The molecule has 2 aromatic rings. The van der Waals surface area contributed by atoms with Gasteiger partial charge in [-0.05, 0) is 25.0 Å². The van der Waals surface area contributed by atoms with E-state index in [-0.39, 0.29) is 30.3 Å². The summed E-state index contributed by atoms with van der Waals surface area (Å²) in [5.74, 6) is -0.690. The molecule has 0 aliphatic carbocycles. The van der Waals surface area contributed by atoms with E-state index in [2.05, 4.69) is 10.4 Å². The lowest BCUT2D eigenvalue weighted by atomic mass is 9.97. The Morgan fingerprint density at radius 3 is 2.57 bits per heavy atom. The van der Waals surface area contributed by atoms with Gasteiger partial charge in [-0.1, -0.05) is 55.0 Å². The fourth-order valence-electron chi connectivity index (χ4n) is 3.36. The zero-order valence-corrected chi connectivity index (χ0v) is 17.6. The Bertz CT molecular complexity index is 942. The number of rotatable bonds is 6. The van der Waals surface area contributed by atoms with Gasteiger partial charge in [0.25, 0.3) is 5.91 Å². The van der Waals surface area contributed by atoms with Crippen LogP contribution in [-0.2, 0) is 4.79 Å². The SMILES string of the molecule is CCCNC(=O)N(C)CC(=O)N1N=C(c2ccccc2F)CC1c1ccc(C)cc1. The van der Waals surface area contributed by atoms with E-state index in [4.69, 9.17) is 0 Å². The normalized spacial score (nSPS) is 15.7. The van der Waals surface area contributed by atoms with Gasteiger partial charge < -0.3 is 10.2 Å². The van der Waals surface area contributed by atoms with Crippen molar-refractivity contribution in [3.05, 3.63) is 71.0 Å². The Hall–Kier alpha value is -3.22. The summed E-state index contributed by atoms with van der Waals surface area (Å²) in [7, 11) is 1.57. The van der Waals surface area contributed by atoms with Crippen LogP contribution in [0.5, 0.6) is 0 Å². The van der Waals surface area contributed by atoms with Gasteiger partial charge in [0.05, 0.1) is 11.8 Å². The molecule has 158 valence electrons. The lowest BCUT2D eigenvalue weighted by Crippen LogP contribution is -2.43. The number of carbonyl (C=O) groups is 2. The molecule has 0 aromatic heterocycles. The van der Waals surface area contributed by atoms with Crippen LogP contribution in [0.4, 0.5) is 9.18 Å². The summed E-state index contributed by atoms with van der Waals surface area (Å²) in [5, 5.41) is 8.61. The Morgan fingerprint density at radius 1 is 1.20 bits per heavy atom. The predicted octanol–water partition coefficient (Wildman–Crippen LogP) is 3.86. The van der Waals surface area contributed by atoms with Gasteiger partial charge in [-0.3, -0.25) is 4.79 Å². The minimum atomic E-state index is -0.371. The fraction of sp³-hybridized carbons (Fsp3) is 0.348. The van der Waals surface area contributed by atoms with Gasteiger partial charge in [-0.15, -0.1) is 0 Å². The van der Waals surface area contributed by atoms with E-state index >= 15 is 0 Å². The number of hydrazone groups is 1. The maximum atomic E-state index is 14.3. The molecule has 1 atom stereocenters. The van der Waals surface area contributed by atoms with Gasteiger partial charge in [0.15, 0.2) is 0 Å². The highest BCUT2D eigenvalue weighted by molar-refractivity contribution is 6.03. The molecule has 6 nitrogen and oxygen atoms in total. The van der Waals surface area contributed by atoms with Crippen LogP contribution < -0.4 is 5.32 Å². The molecule has 1 unspecified atom stereocenters. The van der Waals surface area contributed by atoms with Crippen molar-refractivity contribution in [1.82, 2.24) is 15.2 Å². The zero-order chi connectivity index (χ0) is 21.7. The molecular formula is C23H27FN4O2. The molecule has 1 aliphatic heterocycles. The number of halogens is 1. The van der Waals surface area contributed by atoms with Crippen LogP contribution in [0.1, 0.15) is 42.5 Å². The van der Waals surface area contributed by atoms with Crippen molar-refractivity contribution in [3.8, 4) is 0 Å². The highest BCUT2D eigenvalue weighted by Crippen LogP contribution is 2.33. The van der Waals surface area contributed by atoms with E-state index in [1.165, 1.54) is 16.0 Å². The molecule has 3 amide bonds. The molecule has 1 heterocycles. The van der Waals surface area contributed by atoms with Crippen molar-refractivity contribution in [2.24, 2.45) is 5.10 Å². The number of nitrogens with zero attached hydrogens (tertiary/aromatic N) is 3. The standard InChI is InChI=1S/C23H27FN4O2/c1-4-13-25-23(30)27(3)15-22(29)28-21(17-11-9-16(2)10-12-17)14-20(26-28)18-7-5-6-8-19(18)24/h5-12,21H,4,13-15H2,1-3H3,(H,25,30). The number of hydrogen-bond acceptors (Lipinski definition) is 3. The van der Waals surface area contributed by atoms with Crippen molar-refractivity contribution in [3.63, 3.8) is 0 Å². The molecule has 0 fully saturated rings. The highest BCUT2D eigenvalue weighted by Gasteiger charge is 2.34. The maximum Gasteiger partial charge on any atom is 0.317 e. The summed E-state index contributed by atoms with van der Waals surface area (Å²) >= 11 is 0. The maximum absolute atomic E-state index is 14.3. The van der Waals surface area contributed by atoms with Crippen LogP contribution in [0.2, 0.25) is 0 Å². The van der Waals surface area contributed by atoms with Crippen LogP contribution in [0.25, 0.3) is 0 Å².